The van der Waals surface area contributed by atoms with Gasteiger partial charge in [-0.1, -0.05) is 18.6 Å². The van der Waals surface area contributed by atoms with Gasteiger partial charge in [-0.2, -0.15) is 0 Å². The zero-order chi connectivity index (χ0) is 14.2. The molecule has 0 amide bonds. The minimum Gasteiger partial charge on any atom is -0.395 e. The molecule has 2 fully saturated rings. The van der Waals surface area contributed by atoms with E-state index >= 15 is 0 Å². The van der Waals surface area contributed by atoms with Crippen LogP contribution in [0.5, 0.6) is 0 Å². The zero-order valence-electron chi connectivity index (χ0n) is 11.8. The SMILES string of the molecule is OCC(CO)(CC1CC2CCC1C2)c1ccc(F)cc1. The zero-order valence-corrected chi connectivity index (χ0v) is 11.8. The summed E-state index contributed by atoms with van der Waals surface area (Å²) in [5, 5.41) is 19.8. The maximum Gasteiger partial charge on any atom is 0.123 e. The van der Waals surface area contributed by atoms with Crippen LogP contribution in [-0.4, -0.2) is 23.4 Å². The van der Waals surface area contributed by atoms with Crippen molar-refractivity contribution in [3.05, 3.63) is 35.6 Å². The van der Waals surface area contributed by atoms with E-state index < -0.39 is 5.41 Å². The van der Waals surface area contributed by atoms with E-state index in [1.54, 1.807) is 12.1 Å². The molecule has 0 saturated heterocycles. The summed E-state index contributed by atoms with van der Waals surface area (Å²) in [5.74, 6) is 1.93. The van der Waals surface area contributed by atoms with Crippen LogP contribution in [0.3, 0.4) is 0 Å². The van der Waals surface area contributed by atoms with Crippen molar-refractivity contribution in [3.63, 3.8) is 0 Å². The summed E-state index contributed by atoms with van der Waals surface area (Å²) in [7, 11) is 0. The van der Waals surface area contributed by atoms with Crippen LogP contribution in [0.2, 0.25) is 0 Å². The Morgan fingerprint density at radius 1 is 1.05 bits per heavy atom. The number of hydrogen-bond donors (Lipinski definition) is 2. The summed E-state index contributed by atoms with van der Waals surface area (Å²) >= 11 is 0. The van der Waals surface area contributed by atoms with Crippen LogP contribution in [-0.2, 0) is 5.41 Å². The van der Waals surface area contributed by atoms with E-state index in [0.29, 0.717) is 5.92 Å². The van der Waals surface area contributed by atoms with Crippen molar-refractivity contribution >= 4 is 0 Å². The lowest BCUT2D eigenvalue weighted by Crippen LogP contribution is -2.38. The fraction of sp³-hybridized carbons (Fsp3) is 0.647. The first-order chi connectivity index (χ1) is 9.66. The largest absolute Gasteiger partial charge is 0.395 e. The second kappa shape index (κ2) is 5.45. The van der Waals surface area contributed by atoms with Gasteiger partial charge in [0.25, 0.3) is 0 Å². The molecule has 110 valence electrons. The third-order valence-electron chi connectivity index (χ3n) is 5.60. The fourth-order valence-corrected chi connectivity index (χ4v) is 4.41. The molecule has 0 aromatic heterocycles. The molecule has 2 nitrogen and oxygen atoms in total. The van der Waals surface area contributed by atoms with Crippen molar-refractivity contribution in [2.45, 2.75) is 37.5 Å². The van der Waals surface area contributed by atoms with Crippen molar-refractivity contribution in [2.75, 3.05) is 13.2 Å². The second-order valence-electron chi connectivity index (χ2n) is 6.74. The first-order valence-electron chi connectivity index (χ1n) is 7.64. The van der Waals surface area contributed by atoms with E-state index in [9.17, 15) is 14.6 Å². The lowest BCUT2D eigenvalue weighted by molar-refractivity contribution is 0.0847. The summed E-state index contributed by atoms with van der Waals surface area (Å²) in [5.41, 5.74) is 0.231. The molecule has 2 aliphatic carbocycles. The Labute approximate surface area is 119 Å². The quantitative estimate of drug-likeness (QED) is 0.869. The smallest absolute Gasteiger partial charge is 0.123 e. The van der Waals surface area contributed by atoms with Crippen LogP contribution in [0.15, 0.2) is 24.3 Å². The maximum atomic E-state index is 13.1. The summed E-state index contributed by atoms with van der Waals surface area (Å²) < 4.78 is 13.1. The molecule has 3 heteroatoms. The average Bonchev–Trinajstić information content (AvgIpc) is 3.08. The third kappa shape index (κ3) is 2.38. The van der Waals surface area contributed by atoms with E-state index in [2.05, 4.69) is 0 Å². The number of halogens is 1. The van der Waals surface area contributed by atoms with Gasteiger partial charge in [0.1, 0.15) is 5.82 Å². The predicted molar refractivity (Wildman–Crippen MR) is 75.8 cm³/mol. The number of rotatable bonds is 5. The van der Waals surface area contributed by atoms with Crippen LogP contribution in [0.25, 0.3) is 0 Å². The molecule has 0 radical (unpaired) electrons. The van der Waals surface area contributed by atoms with Crippen LogP contribution in [0.4, 0.5) is 4.39 Å². The molecule has 0 spiro atoms. The van der Waals surface area contributed by atoms with Gasteiger partial charge in [-0.15, -0.1) is 0 Å². The van der Waals surface area contributed by atoms with Crippen molar-refractivity contribution in [2.24, 2.45) is 17.8 Å². The Balaban J connectivity index is 1.82. The van der Waals surface area contributed by atoms with Crippen molar-refractivity contribution in [1.82, 2.24) is 0 Å². The minimum atomic E-state index is -0.622. The van der Waals surface area contributed by atoms with Gasteiger partial charge in [0.2, 0.25) is 0 Å². The Morgan fingerprint density at radius 2 is 1.75 bits per heavy atom. The highest BCUT2D eigenvalue weighted by Crippen LogP contribution is 2.52. The van der Waals surface area contributed by atoms with Crippen molar-refractivity contribution < 1.29 is 14.6 Å². The summed E-state index contributed by atoms with van der Waals surface area (Å²) in [4.78, 5) is 0. The Kier molecular flexibility index (Phi) is 3.83. The highest BCUT2D eigenvalue weighted by Gasteiger charge is 2.44. The highest BCUT2D eigenvalue weighted by molar-refractivity contribution is 5.27. The van der Waals surface area contributed by atoms with E-state index in [1.165, 1.54) is 37.8 Å². The van der Waals surface area contributed by atoms with Gasteiger partial charge >= 0.3 is 0 Å². The Bertz CT molecular complexity index is 453. The van der Waals surface area contributed by atoms with E-state index in [0.717, 1.165) is 23.8 Å². The molecular formula is C17H23FO2. The van der Waals surface area contributed by atoms with E-state index in [1.807, 2.05) is 0 Å². The van der Waals surface area contributed by atoms with Gasteiger partial charge < -0.3 is 10.2 Å². The molecule has 2 aliphatic rings. The van der Waals surface area contributed by atoms with Crippen LogP contribution in [0.1, 0.15) is 37.7 Å². The predicted octanol–water partition coefficient (Wildman–Crippen LogP) is 2.87. The van der Waals surface area contributed by atoms with E-state index in [4.69, 9.17) is 0 Å². The molecule has 2 saturated carbocycles. The number of aliphatic hydroxyl groups is 2. The summed E-state index contributed by atoms with van der Waals surface area (Å²) in [6.07, 6.45) is 6.01. The molecule has 20 heavy (non-hydrogen) atoms. The first-order valence-corrected chi connectivity index (χ1v) is 7.64. The number of fused-ring (bicyclic) bond motifs is 2. The van der Waals surface area contributed by atoms with Gasteiger partial charge in [0.05, 0.1) is 13.2 Å². The van der Waals surface area contributed by atoms with Crippen molar-refractivity contribution in [3.8, 4) is 0 Å². The minimum absolute atomic E-state index is 0.0803. The van der Waals surface area contributed by atoms with Crippen LogP contribution < -0.4 is 0 Å². The topological polar surface area (TPSA) is 40.5 Å². The number of benzene rings is 1. The monoisotopic (exact) mass is 278 g/mol. The molecule has 3 atom stereocenters. The molecule has 1 aromatic rings. The first kappa shape index (κ1) is 14.0. The third-order valence-corrected chi connectivity index (χ3v) is 5.60. The van der Waals surface area contributed by atoms with Gasteiger partial charge in [-0.3, -0.25) is 0 Å². The molecule has 0 aliphatic heterocycles. The van der Waals surface area contributed by atoms with Crippen LogP contribution >= 0.6 is 0 Å². The van der Waals surface area contributed by atoms with Gasteiger partial charge in [-0.05, 0) is 61.1 Å². The lowest BCUT2D eigenvalue weighted by Gasteiger charge is -2.36. The number of hydrogen-bond acceptors (Lipinski definition) is 2. The summed E-state index contributed by atoms with van der Waals surface area (Å²) in [6.45, 7) is -0.161. The maximum absolute atomic E-state index is 13.1. The van der Waals surface area contributed by atoms with Crippen LogP contribution in [0, 0.1) is 23.6 Å². The fourth-order valence-electron chi connectivity index (χ4n) is 4.41. The molecule has 3 rings (SSSR count). The second-order valence-corrected chi connectivity index (χ2v) is 6.74. The Morgan fingerprint density at radius 3 is 2.25 bits per heavy atom. The molecule has 2 N–H and O–H groups in total. The van der Waals surface area contributed by atoms with Gasteiger partial charge in [-0.25, -0.2) is 4.39 Å². The molecule has 2 bridgehead atoms. The summed E-state index contributed by atoms with van der Waals surface area (Å²) in [6, 6.07) is 6.23. The van der Waals surface area contributed by atoms with Crippen molar-refractivity contribution in [1.29, 1.82) is 0 Å². The lowest BCUT2D eigenvalue weighted by atomic mass is 9.71. The van der Waals surface area contributed by atoms with Gasteiger partial charge in [0, 0.05) is 5.41 Å². The average molecular weight is 278 g/mol. The standard InChI is InChI=1S/C17H23FO2/c18-16-5-3-15(4-6-16)17(10-19,11-20)9-14-8-12-1-2-13(14)7-12/h3-6,12-14,19-20H,1-2,7-11H2. The highest BCUT2D eigenvalue weighted by atomic mass is 19.1. The molecular weight excluding hydrogens is 255 g/mol. The molecule has 3 unspecified atom stereocenters. The Hall–Kier alpha value is -0.930. The number of aliphatic hydroxyl groups excluding tert-OH is 2. The van der Waals surface area contributed by atoms with E-state index in [-0.39, 0.29) is 19.0 Å². The normalized spacial score (nSPS) is 29.1. The molecule has 1 aromatic carbocycles. The van der Waals surface area contributed by atoms with Gasteiger partial charge in [0.15, 0.2) is 0 Å². The molecule has 0 heterocycles.